The van der Waals surface area contributed by atoms with Gasteiger partial charge in [-0.2, -0.15) is 13.2 Å². The van der Waals surface area contributed by atoms with Crippen LogP contribution in [0.25, 0.3) is 0 Å². The number of rotatable bonds is 7. The molecule has 1 aliphatic carbocycles. The van der Waals surface area contributed by atoms with Gasteiger partial charge in [-0.1, -0.05) is 25.1 Å². The number of halogens is 3. The first-order valence-electron chi connectivity index (χ1n) is 12.7. The van der Waals surface area contributed by atoms with Crippen molar-refractivity contribution in [2.75, 3.05) is 48.7 Å². The molecule has 2 aromatic carbocycles. The highest BCUT2D eigenvalue weighted by atomic mass is 19.4. The SMILES string of the molecule is CCc1ccccc1N1CCN(C(=O)COC2CCC(Nc3ccc(N)c(C(F)(F)F)c3)CC2)CC1. The van der Waals surface area contributed by atoms with Crippen molar-refractivity contribution in [1.29, 1.82) is 0 Å². The second kappa shape index (κ2) is 11.4. The molecule has 6 nitrogen and oxygen atoms in total. The van der Waals surface area contributed by atoms with Gasteiger partial charge in [0.1, 0.15) is 6.61 Å². The van der Waals surface area contributed by atoms with Crippen molar-refractivity contribution in [2.24, 2.45) is 0 Å². The van der Waals surface area contributed by atoms with Gasteiger partial charge >= 0.3 is 6.18 Å². The Hall–Kier alpha value is -2.94. The van der Waals surface area contributed by atoms with Crippen molar-refractivity contribution in [2.45, 2.75) is 57.3 Å². The van der Waals surface area contributed by atoms with Crippen molar-refractivity contribution in [1.82, 2.24) is 4.90 Å². The molecule has 9 heteroatoms. The molecule has 0 aromatic heterocycles. The number of carbonyl (C=O) groups excluding carboxylic acids is 1. The monoisotopic (exact) mass is 504 g/mol. The van der Waals surface area contributed by atoms with Crippen LogP contribution in [0.4, 0.5) is 30.2 Å². The molecule has 2 aliphatic rings. The van der Waals surface area contributed by atoms with Gasteiger partial charge < -0.3 is 25.6 Å². The summed E-state index contributed by atoms with van der Waals surface area (Å²) in [5, 5.41) is 3.19. The predicted octanol–water partition coefficient (Wildman–Crippen LogP) is 4.94. The molecule has 1 amide bonds. The maximum absolute atomic E-state index is 13.1. The van der Waals surface area contributed by atoms with Crippen LogP contribution in [0.15, 0.2) is 42.5 Å². The van der Waals surface area contributed by atoms with E-state index >= 15 is 0 Å². The van der Waals surface area contributed by atoms with E-state index in [4.69, 9.17) is 10.5 Å². The summed E-state index contributed by atoms with van der Waals surface area (Å²) in [6, 6.07) is 12.4. The fourth-order valence-corrected chi connectivity index (χ4v) is 5.10. The molecule has 0 atom stereocenters. The quantitative estimate of drug-likeness (QED) is 0.523. The summed E-state index contributed by atoms with van der Waals surface area (Å²) in [5.74, 6) is 0.0141. The Kier molecular flexibility index (Phi) is 8.28. The van der Waals surface area contributed by atoms with E-state index in [-0.39, 0.29) is 30.3 Å². The van der Waals surface area contributed by atoms with Crippen molar-refractivity contribution < 1.29 is 22.7 Å². The van der Waals surface area contributed by atoms with Crippen molar-refractivity contribution >= 4 is 23.0 Å². The van der Waals surface area contributed by atoms with Crippen LogP contribution in [0, 0.1) is 0 Å². The number of alkyl halides is 3. The van der Waals surface area contributed by atoms with Gasteiger partial charge in [-0.15, -0.1) is 0 Å². The standard InChI is InChI=1S/C27H35F3N4O2/c1-2-19-5-3-4-6-25(19)33-13-15-34(16-14-33)26(35)18-36-22-10-7-20(8-11-22)32-21-9-12-24(31)23(17-21)27(28,29)30/h3-6,9,12,17,20,22,32H,2,7-8,10-11,13-16,18,31H2,1H3. The molecule has 1 heterocycles. The molecule has 0 bridgehead atoms. The summed E-state index contributed by atoms with van der Waals surface area (Å²) in [6.07, 6.45) is -0.467. The molecular formula is C27H35F3N4O2. The first-order valence-corrected chi connectivity index (χ1v) is 12.7. The Morgan fingerprint density at radius 3 is 2.42 bits per heavy atom. The number of piperazine rings is 1. The number of nitrogen functional groups attached to an aromatic ring is 1. The molecule has 1 aliphatic heterocycles. The average Bonchev–Trinajstić information content (AvgIpc) is 2.88. The minimum Gasteiger partial charge on any atom is -0.398 e. The summed E-state index contributed by atoms with van der Waals surface area (Å²) in [5.41, 5.74) is 7.38. The fraction of sp³-hybridized carbons (Fsp3) is 0.519. The predicted molar refractivity (Wildman–Crippen MR) is 136 cm³/mol. The topological polar surface area (TPSA) is 70.8 Å². The number of nitrogens with one attached hydrogen (secondary N) is 1. The highest BCUT2D eigenvalue weighted by Gasteiger charge is 2.33. The van der Waals surface area contributed by atoms with Gasteiger partial charge in [0.25, 0.3) is 0 Å². The molecule has 0 spiro atoms. The Morgan fingerprint density at radius 2 is 1.75 bits per heavy atom. The molecule has 2 aromatic rings. The van der Waals surface area contributed by atoms with Crippen LogP contribution in [0.2, 0.25) is 0 Å². The molecule has 0 radical (unpaired) electrons. The van der Waals surface area contributed by atoms with Crippen LogP contribution < -0.4 is 16.0 Å². The van der Waals surface area contributed by atoms with Crippen molar-refractivity contribution in [3.8, 4) is 0 Å². The number of hydrogen-bond donors (Lipinski definition) is 2. The number of ether oxygens (including phenoxy) is 1. The molecule has 0 unspecified atom stereocenters. The number of benzene rings is 2. The lowest BCUT2D eigenvalue weighted by atomic mass is 9.92. The average molecular weight is 505 g/mol. The van der Waals surface area contributed by atoms with Gasteiger partial charge in [0, 0.05) is 49.3 Å². The molecule has 1 saturated carbocycles. The molecule has 4 rings (SSSR count). The molecule has 196 valence electrons. The number of nitrogens with two attached hydrogens (primary N) is 1. The van der Waals surface area contributed by atoms with Gasteiger partial charge in [-0.25, -0.2) is 0 Å². The zero-order valence-corrected chi connectivity index (χ0v) is 20.7. The van der Waals surface area contributed by atoms with Gasteiger partial charge in [0.05, 0.1) is 11.7 Å². The normalized spacial score (nSPS) is 20.9. The third-order valence-corrected chi connectivity index (χ3v) is 7.19. The van der Waals surface area contributed by atoms with E-state index in [1.165, 1.54) is 17.3 Å². The summed E-state index contributed by atoms with van der Waals surface area (Å²) < 4.78 is 45.3. The van der Waals surface area contributed by atoms with E-state index in [0.717, 1.165) is 51.3 Å². The number of para-hydroxylation sites is 1. The van der Waals surface area contributed by atoms with E-state index in [9.17, 15) is 18.0 Å². The van der Waals surface area contributed by atoms with Gasteiger partial charge in [-0.3, -0.25) is 4.79 Å². The fourth-order valence-electron chi connectivity index (χ4n) is 5.10. The minimum absolute atomic E-state index is 0.0122. The summed E-state index contributed by atoms with van der Waals surface area (Å²) >= 11 is 0. The summed E-state index contributed by atoms with van der Waals surface area (Å²) in [4.78, 5) is 16.9. The van der Waals surface area contributed by atoms with Crippen molar-refractivity contribution in [3.05, 3.63) is 53.6 Å². The Morgan fingerprint density at radius 1 is 1.06 bits per heavy atom. The Labute approximate surface area is 210 Å². The van der Waals surface area contributed by atoms with E-state index in [1.807, 2.05) is 4.90 Å². The zero-order valence-electron chi connectivity index (χ0n) is 20.7. The number of nitrogens with zero attached hydrogens (tertiary/aromatic N) is 2. The second-order valence-corrected chi connectivity index (χ2v) is 9.58. The minimum atomic E-state index is -4.48. The second-order valence-electron chi connectivity index (χ2n) is 9.58. The lowest BCUT2D eigenvalue weighted by Crippen LogP contribution is -2.50. The van der Waals surface area contributed by atoms with Crippen molar-refractivity contribution in [3.63, 3.8) is 0 Å². The van der Waals surface area contributed by atoms with E-state index in [0.29, 0.717) is 18.8 Å². The van der Waals surface area contributed by atoms with Crippen LogP contribution >= 0.6 is 0 Å². The smallest absolute Gasteiger partial charge is 0.398 e. The van der Waals surface area contributed by atoms with Crippen LogP contribution in [-0.4, -0.2) is 55.7 Å². The van der Waals surface area contributed by atoms with Crippen LogP contribution in [0.3, 0.4) is 0 Å². The van der Waals surface area contributed by atoms with Crippen LogP contribution in [0.1, 0.15) is 43.7 Å². The zero-order chi connectivity index (χ0) is 25.7. The highest BCUT2D eigenvalue weighted by molar-refractivity contribution is 5.77. The van der Waals surface area contributed by atoms with Gasteiger partial charge in [0.15, 0.2) is 0 Å². The molecule has 36 heavy (non-hydrogen) atoms. The van der Waals surface area contributed by atoms with Crippen LogP contribution in [-0.2, 0) is 22.1 Å². The maximum Gasteiger partial charge on any atom is 0.418 e. The number of amides is 1. The maximum atomic E-state index is 13.1. The van der Waals surface area contributed by atoms with E-state index in [2.05, 4.69) is 41.4 Å². The molecular weight excluding hydrogens is 469 g/mol. The van der Waals surface area contributed by atoms with Gasteiger partial charge in [0.2, 0.25) is 5.91 Å². The number of carbonyl (C=O) groups is 1. The Bertz CT molecular complexity index is 1030. The lowest BCUT2D eigenvalue weighted by molar-refractivity contribution is -0.139. The van der Waals surface area contributed by atoms with E-state index in [1.54, 1.807) is 6.07 Å². The highest BCUT2D eigenvalue weighted by Crippen LogP contribution is 2.36. The first-order chi connectivity index (χ1) is 17.2. The first kappa shape index (κ1) is 26.1. The molecule has 1 saturated heterocycles. The molecule has 2 fully saturated rings. The lowest BCUT2D eigenvalue weighted by Gasteiger charge is -2.37. The van der Waals surface area contributed by atoms with E-state index < -0.39 is 11.7 Å². The summed E-state index contributed by atoms with van der Waals surface area (Å²) in [6.45, 7) is 5.20. The number of hydrogen-bond acceptors (Lipinski definition) is 5. The largest absolute Gasteiger partial charge is 0.418 e. The third kappa shape index (κ3) is 6.43. The van der Waals surface area contributed by atoms with Gasteiger partial charge in [-0.05, 0) is 61.9 Å². The third-order valence-electron chi connectivity index (χ3n) is 7.19. The Balaban J connectivity index is 1.19. The summed E-state index contributed by atoms with van der Waals surface area (Å²) in [7, 11) is 0. The van der Waals surface area contributed by atoms with Crippen LogP contribution in [0.5, 0.6) is 0 Å². The molecule has 3 N–H and O–H groups in total. The number of anilines is 3. The number of aryl methyl sites for hydroxylation is 1.